The Hall–Kier alpha value is -4.35. The van der Waals surface area contributed by atoms with Gasteiger partial charge in [-0.25, -0.2) is 9.59 Å². The number of esters is 1. The van der Waals surface area contributed by atoms with E-state index in [0.29, 0.717) is 11.1 Å². The van der Waals surface area contributed by atoms with Crippen LogP contribution in [0.1, 0.15) is 30.4 Å². The van der Waals surface area contributed by atoms with Crippen LogP contribution in [0.2, 0.25) is 0 Å². The van der Waals surface area contributed by atoms with Crippen LogP contribution in [0, 0.1) is 5.92 Å². The van der Waals surface area contributed by atoms with Gasteiger partial charge in [-0.1, -0.05) is 18.2 Å². The summed E-state index contributed by atoms with van der Waals surface area (Å²) >= 11 is 0. The van der Waals surface area contributed by atoms with Gasteiger partial charge in [0.25, 0.3) is 0 Å². The van der Waals surface area contributed by atoms with Gasteiger partial charge in [0.1, 0.15) is 6.10 Å². The number of aliphatic hydroxyl groups is 2. The van der Waals surface area contributed by atoms with Crippen LogP contribution in [0.3, 0.4) is 0 Å². The van der Waals surface area contributed by atoms with Gasteiger partial charge < -0.3 is 40.5 Å². The Bertz CT molecular complexity index is 1250. The van der Waals surface area contributed by atoms with Crippen LogP contribution in [0.4, 0.5) is 0 Å². The van der Waals surface area contributed by atoms with E-state index in [-0.39, 0.29) is 23.7 Å². The summed E-state index contributed by atoms with van der Waals surface area (Å²) in [5, 5.41) is 68.3. The summed E-state index contributed by atoms with van der Waals surface area (Å²) in [5.41, 5.74) is -1.59. The topological polar surface area (TPSA) is 202 Å². The van der Waals surface area contributed by atoms with Crippen molar-refractivity contribution in [3.63, 3.8) is 0 Å². The average Bonchev–Trinajstić information content (AvgIpc) is 2.82. The van der Waals surface area contributed by atoms with Crippen LogP contribution in [0.5, 0.6) is 23.0 Å². The largest absolute Gasteiger partial charge is 0.504 e. The second kappa shape index (κ2) is 11.1. The number of allylic oxidation sites excluding steroid dienone is 1. The van der Waals surface area contributed by atoms with Crippen molar-refractivity contribution in [1.82, 2.24) is 0 Å². The van der Waals surface area contributed by atoms with E-state index in [4.69, 9.17) is 4.74 Å². The maximum atomic E-state index is 12.6. The van der Waals surface area contributed by atoms with Gasteiger partial charge in [0.15, 0.2) is 34.4 Å². The first-order valence-corrected chi connectivity index (χ1v) is 11.2. The standard InChI is InChI=1S/C26H26O11/c27-17(5-1-14-2-6-18(28)20(30)9-14)11-16-12-26(36,25(34)35)13-22(32)24(16)37-23(33)8-4-15-3-7-19(29)21(31)10-15/h1-10,16,22,24,28-32,36H,11-13H2,(H,34,35). The molecule has 2 aromatic rings. The number of carboxylic acid groups (broad SMARTS) is 1. The Balaban J connectivity index is 1.75. The molecule has 0 heterocycles. The number of carbonyl (C=O) groups excluding carboxylic acids is 2. The number of carboxylic acids is 1. The number of carbonyl (C=O) groups is 3. The normalized spacial score (nSPS) is 23.8. The molecule has 37 heavy (non-hydrogen) atoms. The molecular weight excluding hydrogens is 488 g/mol. The molecule has 0 spiro atoms. The Morgan fingerprint density at radius 2 is 1.41 bits per heavy atom. The second-order valence-corrected chi connectivity index (χ2v) is 8.81. The third-order valence-electron chi connectivity index (χ3n) is 5.98. The van der Waals surface area contributed by atoms with E-state index in [1.165, 1.54) is 48.6 Å². The van der Waals surface area contributed by atoms with Crippen LogP contribution in [-0.2, 0) is 19.1 Å². The molecule has 0 radical (unpaired) electrons. The summed E-state index contributed by atoms with van der Waals surface area (Å²) < 4.78 is 5.33. The molecule has 4 unspecified atom stereocenters. The highest BCUT2D eigenvalue weighted by Gasteiger charge is 2.51. The van der Waals surface area contributed by atoms with E-state index in [2.05, 4.69) is 0 Å². The molecule has 1 fully saturated rings. The molecule has 4 atom stereocenters. The Morgan fingerprint density at radius 3 is 1.92 bits per heavy atom. The fourth-order valence-corrected chi connectivity index (χ4v) is 4.09. The van der Waals surface area contributed by atoms with Crippen molar-refractivity contribution in [3.8, 4) is 23.0 Å². The summed E-state index contributed by atoms with van der Waals surface area (Å²) in [5.74, 6) is -5.57. The van der Waals surface area contributed by atoms with Crippen molar-refractivity contribution in [2.45, 2.75) is 37.1 Å². The van der Waals surface area contributed by atoms with Gasteiger partial charge in [0.05, 0.1) is 6.10 Å². The second-order valence-electron chi connectivity index (χ2n) is 8.81. The van der Waals surface area contributed by atoms with Crippen molar-refractivity contribution in [3.05, 3.63) is 59.7 Å². The number of hydrogen-bond donors (Lipinski definition) is 7. The number of aromatic hydroxyl groups is 4. The van der Waals surface area contributed by atoms with E-state index in [1.807, 2.05) is 0 Å². The first-order valence-electron chi connectivity index (χ1n) is 11.2. The number of phenolic OH excluding ortho intramolecular Hbond substituents is 4. The fraction of sp³-hybridized carbons (Fsp3) is 0.269. The van der Waals surface area contributed by atoms with Gasteiger partial charge in [-0.3, -0.25) is 4.79 Å². The molecule has 0 aliphatic heterocycles. The molecule has 3 rings (SSSR count). The molecule has 1 saturated carbocycles. The highest BCUT2D eigenvalue weighted by Crippen LogP contribution is 2.37. The number of ketones is 1. The molecule has 11 nitrogen and oxygen atoms in total. The van der Waals surface area contributed by atoms with E-state index >= 15 is 0 Å². The highest BCUT2D eigenvalue weighted by atomic mass is 16.6. The quantitative estimate of drug-likeness (QED) is 0.153. The van der Waals surface area contributed by atoms with Crippen LogP contribution in [0.25, 0.3) is 12.2 Å². The summed E-state index contributed by atoms with van der Waals surface area (Å²) in [6.45, 7) is 0. The van der Waals surface area contributed by atoms with Crippen molar-refractivity contribution in [1.29, 1.82) is 0 Å². The lowest BCUT2D eigenvalue weighted by Crippen LogP contribution is -2.55. The summed E-state index contributed by atoms with van der Waals surface area (Å²) in [6.07, 6.45) is 0.410. The van der Waals surface area contributed by atoms with Crippen molar-refractivity contribution in [2.75, 3.05) is 0 Å². The number of benzene rings is 2. The van der Waals surface area contributed by atoms with Gasteiger partial charge in [-0.2, -0.15) is 0 Å². The molecule has 7 N–H and O–H groups in total. The van der Waals surface area contributed by atoms with E-state index in [0.717, 1.165) is 12.2 Å². The monoisotopic (exact) mass is 514 g/mol. The Labute approximate surface area is 210 Å². The van der Waals surface area contributed by atoms with Gasteiger partial charge in [-0.15, -0.1) is 0 Å². The van der Waals surface area contributed by atoms with E-state index < -0.39 is 60.0 Å². The highest BCUT2D eigenvalue weighted by molar-refractivity contribution is 5.94. The lowest BCUT2D eigenvalue weighted by atomic mass is 9.72. The first-order chi connectivity index (χ1) is 17.4. The van der Waals surface area contributed by atoms with Crippen molar-refractivity contribution in [2.24, 2.45) is 5.92 Å². The van der Waals surface area contributed by atoms with Gasteiger partial charge in [-0.05, 0) is 54.0 Å². The van der Waals surface area contributed by atoms with Crippen LogP contribution in [-0.4, -0.2) is 71.3 Å². The number of rotatable bonds is 8. The lowest BCUT2D eigenvalue weighted by Gasteiger charge is -2.41. The molecule has 0 saturated heterocycles. The van der Waals surface area contributed by atoms with Crippen LogP contribution < -0.4 is 0 Å². The minimum Gasteiger partial charge on any atom is -0.504 e. The number of aliphatic hydroxyl groups excluding tert-OH is 1. The molecule has 2 aromatic carbocycles. The predicted octanol–water partition coefficient (Wildman–Crippen LogP) is 1.69. The summed E-state index contributed by atoms with van der Waals surface area (Å²) in [6, 6.07) is 7.72. The Morgan fingerprint density at radius 1 is 0.865 bits per heavy atom. The van der Waals surface area contributed by atoms with Gasteiger partial charge in [0.2, 0.25) is 0 Å². The molecular formula is C26H26O11. The molecule has 1 aliphatic rings. The minimum atomic E-state index is -2.33. The third kappa shape index (κ3) is 6.87. The fourth-order valence-electron chi connectivity index (χ4n) is 4.09. The van der Waals surface area contributed by atoms with Crippen molar-refractivity contribution >= 4 is 29.9 Å². The number of phenols is 4. The predicted molar refractivity (Wildman–Crippen MR) is 128 cm³/mol. The first kappa shape index (κ1) is 27.2. The van der Waals surface area contributed by atoms with E-state index in [9.17, 15) is 50.1 Å². The molecule has 1 aliphatic carbocycles. The third-order valence-corrected chi connectivity index (χ3v) is 5.98. The summed E-state index contributed by atoms with van der Waals surface area (Å²) in [4.78, 5) is 36.6. The number of hydrogen-bond acceptors (Lipinski definition) is 10. The SMILES string of the molecule is O=C(C=Cc1ccc(O)c(O)c1)CC1CC(O)(C(=O)O)CC(O)C1OC(=O)C=Cc1ccc(O)c(O)c1. The van der Waals surface area contributed by atoms with E-state index in [1.54, 1.807) is 0 Å². The van der Waals surface area contributed by atoms with Crippen LogP contribution >= 0.6 is 0 Å². The number of ether oxygens (including phenoxy) is 1. The van der Waals surface area contributed by atoms with Crippen molar-refractivity contribution < 1.29 is 54.9 Å². The van der Waals surface area contributed by atoms with Gasteiger partial charge in [0, 0.05) is 24.8 Å². The minimum absolute atomic E-state index is 0.339. The van der Waals surface area contributed by atoms with Crippen LogP contribution in [0.15, 0.2) is 48.6 Å². The molecule has 11 heteroatoms. The van der Waals surface area contributed by atoms with Gasteiger partial charge >= 0.3 is 11.9 Å². The lowest BCUT2D eigenvalue weighted by molar-refractivity contribution is -0.188. The maximum Gasteiger partial charge on any atom is 0.335 e. The molecule has 0 aromatic heterocycles. The molecule has 0 bridgehead atoms. The summed E-state index contributed by atoms with van der Waals surface area (Å²) in [7, 11) is 0. The maximum absolute atomic E-state index is 12.6. The Kier molecular flexibility index (Phi) is 8.21. The zero-order chi connectivity index (χ0) is 27.3. The molecule has 196 valence electrons. The number of aliphatic carboxylic acids is 1. The zero-order valence-corrected chi connectivity index (χ0v) is 19.4. The smallest absolute Gasteiger partial charge is 0.335 e. The zero-order valence-electron chi connectivity index (χ0n) is 19.4. The average molecular weight is 514 g/mol. The molecule has 0 amide bonds.